The Hall–Kier alpha value is -3.93. The van der Waals surface area contributed by atoms with E-state index < -0.39 is 18.2 Å². The summed E-state index contributed by atoms with van der Waals surface area (Å²) in [5.74, 6) is -0.412. The SMILES string of the molecule is CC(C)(C)OC(=O)N1CCC(N2CCN(CC(=O)c3ccc(OCC(=O)O)c(Cc4ncc[nH]4)c3)C(=O)C2)CC1. The number of hydrogen-bond donors (Lipinski definition) is 2. The lowest BCUT2D eigenvalue weighted by Gasteiger charge is -2.42. The number of amides is 2. The molecule has 1 aromatic carbocycles. The van der Waals surface area contributed by atoms with Crippen LogP contribution in [0.25, 0.3) is 0 Å². The largest absolute Gasteiger partial charge is 0.482 e. The topological polar surface area (TPSA) is 145 Å². The smallest absolute Gasteiger partial charge is 0.410 e. The Morgan fingerprint density at radius 2 is 1.88 bits per heavy atom. The summed E-state index contributed by atoms with van der Waals surface area (Å²) in [5, 5.41) is 8.99. The zero-order valence-electron chi connectivity index (χ0n) is 23.2. The summed E-state index contributed by atoms with van der Waals surface area (Å²) in [6, 6.07) is 5.03. The van der Waals surface area contributed by atoms with Crippen LogP contribution in [0.4, 0.5) is 4.79 Å². The van der Waals surface area contributed by atoms with Crippen LogP contribution in [0.1, 0.15) is 55.4 Å². The zero-order valence-corrected chi connectivity index (χ0v) is 23.2. The van der Waals surface area contributed by atoms with Crippen molar-refractivity contribution in [3.05, 3.63) is 47.5 Å². The van der Waals surface area contributed by atoms with Gasteiger partial charge in [-0.3, -0.25) is 14.5 Å². The van der Waals surface area contributed by atoms with Crippen molar-refractivity contribution in [1.29, 1.82) is 0 Å². The third kappa shape index (κ3) is 7.81. The van der Waals surface area contributed by atoms with Crippen LogP contribution < -0.4 is 4.74 Å². The lowest BCUT2D eigenvalue weighted by molar-refractivity contribution is -0.139. The van der Waals surface area contributed by atoms with Gasteiger partial charge < -0.3 is 29.4 Å². The van der Waals surface area contributed by atoms with Gasteiger partial charge in [-0.05, 0) is 51.8 Å². The number of ketones is 1. The number of nitrogens with one attached hydrogen (secondary N) is 1. The Balaban J connectivity index is 1.32. The minimum atomic E-state index is -1.10. The molecule has 2 fully saturated rings. The highest BCUT2D eigenvalue weighted by Crippen LogP contribution is 2.24. The Kier molecular flexibility index (Phi) is 9.08. The number of piperazine rings is 1. The van der Waals surface area contributed by atoms with Crippen molar-refractivity contribution in [2.45, 2.75) is 51.7 Å². The van der Waals surface area contributed by atoms with Crippen LogP contribution in [0.3, 0.4) is 0 Å². The van der Waals surface area contributed by atoms with Gasteiger partial charge in [0.1, 0.15) is 17.2 Å². The highest BCUT2D eigenvalue weighted by Gasteiger charge is 2.34. The number of benzene rings is 1. The van der Waals surface area contributed by atoms with Crippen LogP contribution in [0.15, 0.2) is 30.6 Å². The predicted octanol–water partition coefficient (Wildman–Crippen LogP) is 2.19. The molecule has 0 spiro atoms. The normalized spacial score (nSPS) is 17.1. The number of carboxylic acids is 1. The molecule has 12 heteroatoms. The van der Waals surface area contributed by atoms with E-state index in [-0.39, 0.29) is 36.9 Å². The lowest BCUT2D eigenvalue weighted by Crippen LogP contribution is -2.56. The van der Waals surface area contributed by atoms with Gasteiger partial charge in [-0.1, -0.05) is 0 Å². The number of aliphatic carboxylic acids is 1. The van der Waals surface area contributed by atoms with Gasteiger partial charge in [0.25, 0.3) is 0 Å². The maximum Gasteiger partial charge on any atom is 0.410 e. The van der Waals surface area contributed by atoms with E-state index in [1.807, 2.05) is 20.8 Å². The molecule has 3 heterocycles. The quantitative estimate of drug-likeness (QED) is 0.445. The molecule has 0 radical (unpaired) electrons. The van der Waals surface area contributed by atoms with Crippen molar-refractivity contribution in [3.8, 4) is 5.75 Å². The number of H-pyrrole nitrogens is 1. The van der Waals surface area contributed by atoms with Crippen LogP contribution in [-0.4, -0.2) is 111 Å². The van der Waals surface area contributed by atoms with Crippen molar-refractivity contribution >= 4 is 23.8 Å². The average molecular weight is 556 g/mol. The summed E-state index contributed by atoms with van der Waals surface area (Å²) in [6.07, 6.45) is 4.84. The molecular weight excluding hydrogens is 518 g/mol. The fourth-order valence-corrected chi connectivity index (χ4v) is 4.96. The van der Waals surface area contributed by atoms with Gasteiger partial charge in [-0.15, -0.1) is 0 Å². The molecule has 0 aliphatic carbocycles. The van der Waals surface area contributed by atoms with E-state index in [0.29, 0.717) is 55.3 Å². The second kappa shape index (κ2) is 12.5. The molecule has 1 aromatic heterocycles. The van der Waals surface area contributed by atoms with E-state index in [2.05, 4.69) is 14.9 Å². The highest BCUT2D eigenvalue weighted by atomic mass is 16.6. The molecule has 2 saturated heterocycles. The summed E-state index contributed by atoms with van der Waals surface area (Å²) >= 11 is 0. The fraction of sp³-hybridized carbons (Fsp3) is 0.536. The molecule has 0 atom stereocenters. The molecule has 2 amide bonds. The second-order valence-electron chi connectivity index (χ2n) is 11.1. The first-order valence-electron chi connectivity index (χ1n) is 13.5. The van der Waals surface area contributed by atoms with Gasteiger partial charge >= 0.3 is 12.1 Å². The second-order valence-corrected chi connectivity index (χ2v) is 11.1. The number of Topliss-reactive ketones (excluding diaryl/α,β-unsaturated/α-hetero) is 1. The number of carboxylic acid groups (broad SMARTS) is 1. The summed E-state index contributed by atoms with van der Waals surface area (Å²) < 4.78 is 10.9. The van der Waals surface area contributed by atoms with Crippen LogP contribution in [-0.2, 0) is 20.7 Å². The first kappa shape index (κ1) is 29.1. The van der Waals surface area contributed by atoms with E-state index in [4.69, 9.17) is 14.6 Å². The van der Waals surface area contributed by atoms with Gasteiger partial charge in [0.2, 0.25) is 5.91 Å². The summed E-state index contributed by atoms with van der Waals surface area (Å²) in [4.78, 5) is 62.1. The number of hydrogen-bond acceptors (Lipinski definition) is 8. The summed E-state index contributed by atoms with van der Waals surface area (Å²) in [6.45, 7) is 7.49. The Morgan fingerprint density at radius 3 is 2.50 bits per heavy atom. The van der Waals surface area contributed by atoms with Crippen molar-refractivity contribution in [3.63, 3.8) is 0 Å². The molecule has 4 rings (SSSR count). The predicted molar refractivity (Wildman–Crippen MR) is 144 cm³/mol. The molecule has 0 bridgehead atoms. The molecule has 2 aliphatic rings. The monoisotopic (exact) mass is 555 g/mol. The number of piperidine rings is 1. The molecule has 2 aliphatic heterocycles. The van der Waals surface area contributed by atoms with Crippen molar-refractivity contribution < 1.29 is 33.8 Å². The fourth-order valence-electron chi connectivity index (χ4n) is 4.96. The number of aromatic nitrogens is 2. The maximum atomic E-state index is 13.2. The third-order valence-corrected chi connectivity index (χ3v) is 6.96. The Labute approximate surface area is 233 Å². The summed E-state index contributed by atoms with van der Waals surface area (Å²) in [7, 11) is 0. The van der Waals surface area contributed by atoms with Crippen molar-refractivity contribution in [2.24, 2.45) is 0 Å². The lowest BCUT2D eigenvalue weighted by atomic mass is 10.0. The zero-order chi connectivity index (χ0) is 28.9. The summed E-state index contributed by atoms with van der Waals surface area (Å²) in [5.41, 5.74) is 0.496. The molecule has 2 aromatic rings. The number of aromatic amines is 1. The van der Waals surface area contributed by atoms with Gasteiger partial charge in [0.05, 0.1) is 13.1 Å². The van der Waals surface area contributed by atoms with Crippen LogP contribution in [0, 0.1) is 0 Å². The third-order valence-electron chi connectivity index (χ3n) is 6.96. The minimum absolute atomic E-state index is 0.0424. The molecule has 40 heavy (non-hydrogen) atoms. The first-order chi connectivity index (χ1) is 19.0. The van der Waals surface area contributed by atoms with Crippen LogP contribution in [0.2, 0.25) is 0 Å². The number of likely N-dealkylation sites (tertiary alicyclic amines) is 1. The number of rotatable bonds is 9. The van der Waals surface area contributed by atoms with E-state index in [0.717, 1.165) is 12.8 Å². The van der Waals surface area contributed by atoms with Crippen LogP contribution in [0.5, 0.6) is 5.75 Å². The number of imidazole rings is 1. The van der Waals surface area contributed by atoms with Gasteiger partial charge in [0.15, 0.2) is 12.4 Å². The maximum absolute atomic E-state index is 13.2. The van der Waals surface area contributed by atoms with Gasteiger partial charge in [-0.25, -0.2) is 14.6 Å². The first-order valence-corrected chi connectivity index (χ1v) is 13.5. The molecule has 0 saturated carbocycles. The van der Waals surface area contributed by atoms with E-state index in [1.165, 1.54) is 0 Å². The Morgan fingerprint density at radius 1 is 1.12 bits per heavy atom. The highest BCUT2D eigenvalue weighted by molar-refractivity contribution is 6.00. The van der Waals surface area contributed by atoms with E-state index in [1.54, 1.807) is 40.4 Å². The van der Waals surface area contributed by atoms with Crippen molar-refractivity contribution in [2.75, 3.05) is 45.9 Å². The Bertz CT molecular complexity index is 1220. The number of carbonyl (C=O) groups is 4. The molecule has 2 N–H and O–H groups in total. The minimum Gasteiger partial charge on any atom is -0.482 e. The number of carbonyl (C=O) groups excluding carboxylic acids is 3. The van der Waals surface area contributed by atoms with Crippen molar-refractivity contribution in [1.82, 2.24) is 24.7 Å². The molecule has 0 unspecified atom stereocenters. The average Bonchev–Trinajstić information content (AvgIpc) is 3.41. The van der Waals surface area contributed by atoms with Gasteiger partial charge in [-0.2, -0.15) is 0 Å². The standard InChI is InChI=1S/C28H37N5O7/c1-28(2,3)40-27(38)31-10-6-21(7-11-31)32-12-13-33(25(35)17-32)16-22(34)19-4-5-23(39-18-26(36)37)20(14-19)15-24-29-8-9-30-24/h4-5,8-9,14,21H,6-7,10-13,15-18H2,1-3H3,(H,29,30)(H,36,37). The number of ether oxygens (including phenoxy) is 2. The molecule has 12 nitrogen and oxygen atoms in total. The van der Waals surface area contributed by atoms with Gasteiger partial charge in [0, 0.05) is 62.2 Å². The number of nitrogens with zero attached hydrogens (tertiary/aromatic N) is 4. The molecule has 216 valence electrons. The van der Waals surface area contributed by atoms with Crippen LogP contribution >= 0.6 is 0 Å². The molecular formula is C28H37N5O7. The van der Waals surface area contributed by atoms with E-state index >= 15 is 0 Å². The van der Waals surface area contributed by atoms with E-state index in [9.17, 15) is 19.2 Å².